The van der Waals surface area contributed by atoms with Crippen molar-refractivity contribution in [3.63, 3.8) is 0 Å². The molecule has 0 aromatic heterocycles. The molecule has 0 aliphatic heterocycles. The highest BCUT2D eigenvalue weighted by Crippen LogP contribution is 2.03. The number of amides is 2. The zero-order valence-electron chi connectivity index (χ0n) is 11.9. The first kappa shape index (κ1) is 19.2. The lowest BCUT2D eigenvalue weighted by molar-refractivity contribution is -0.138. The number of hydrogen-bond acceptors (Lipinski definition) is 5. The summed E-state index contributed by atoms with van der Waals surface area (Å²) in [6.07, 6.45) is -0.0666. The number of carbonyl (C=O) groups is 4. The van der Waals surface area contributed by atoms with E-state index in [1.54, 1.807) is 0 Å². The first-order chi connectivity index (χ1) is 9.72. The maximum Gasteiger partial charge on any atom is 0.408 e. The Bertz CT molecular complexity index is 399. The second kappa shape index (κ2) is 10.0. The summed E-state index contributed by atoms with van der Waals surface area (Å²) in [6.45, 7) is 2.43. The number of Topliss-reactive ketones (excluding diaryl/α,β-unsaturated/α-hetero) is 1. The van der Waals surface area contributed by atoms with Crippen molar-refractivity contribution in [1.82, 2.24) is 10.2 Å². The van der Waals surface area contributed by atoms with Gasteiger partial charge in [0.25, 0.3) is 0 Å². The fraction of sp³-hybridized carbons (Fsp3) is 0.583. The summed E-state index contributed by atoms with van der Waals surface area (Å²) < 4.78 is 0. The molecule has 0 saturated carbocycles. The topological polar surface area (TPSA) is 124 Å². The number of ketones is 1. The summed E-state index contributed by atoms with van der Waals surface area (Å²) >= 11 is 1.16. The fourth-order valence-electron chi connectivity index (χ4n) is 1.26. The summed E-state index contributed by atoms with van der Waals surface area (Å²) in [5.74, 6) is -1.65. The lowest BCUT2D eigenvalue weighted by atomic mass is 10.3. The normalized spacial score (nSPS) is 10.2. The van der Waals surface area contributed by atoms with Gasteiger partial charge in [-0.15, -0.1) is 0 Å². The van der Waals surface area contributed by atoms with Crippen molar-refractivity contribution in [3.05, 3.63) is 6.42 Å². The smallest absolute Gasteiger partial charge is 0.408 e. The van der Waals surface area contributed by atoms with Gasteiger partial charge in [0.2, 0.25) is 5.91 Å². The number of nitrogens with one attached hydrogen (secondary N) is 1. The van der Waals surface area contributed by atoms with Gasteiger partial charge in [0.05, 0.1) is 18.7 Å². The predicted octanol–water partition coefficient (Wildman–Crippen LogP) is 0.0822. The second-order valence-electron chi connectivity index (χ2n) is 4.45. The molecular formula is C12H19N2O6S. The maximum atomic E-state index is 11.5. The minimum Gasteiger partial charge on any atom is -0.480 e. The van der Waals surface area contributed by atoms with Gasteiger partial charge >= 0.3 is 12.1 Å². The Morgan fingerprint density at radius 3 is 2.29 bits per heavy atom. The molecule has 0 fully saturated rings. The van der Waals surface area contributed by atoms with E-state index in [9.17, 15) is 19.2 Å². The van der Waals surface area contributed by atoms with Crippen molar-refractivity contribution in [2.24, 2.45) is 0 Å². The number of aliphatic carboxylic acids is 1. The average Bonchev–Trinajstić information content (AvgIpc) is 2.32. The van der Waals surface area contributed by atoms with Crippen molar-refractivity contribution in [1.29, 1.82) is 0 Å². The van der Waals surface area contributed by atoms with Crippen LogP contribution < -0.4 is 5.32 Å². The first-order valence-corrected chi connectivity index (χ1v) is 7.30. The summed E-state index contributed by atoms with van der Waals surface area (Å²) in [5, 5.41) is 19.9. The molecule has 0 rings (SSSR count). The summed E-state index contributed by atoms with van der Waals surface area (Å²) in [7, 11) is 0. The lowest BCUT2D eigenvalue weighted by Gasteiger charge is -2.15. The van der Waals surface area contributed by atoms with Crippen molar-refractivity contribution in [2.45, 2.75) is 19.9 Å². The van der Waals surface area contributed by atoms with Crippen LogP contribution in [0.1, 0.15) is 13.8 Å². The molecule has 119 valence electrons. The number of nitrogens with zero attached hydrogens (tertiary/aromatic N) is 1. The van der Waals surface area contributed by atoms with E-state index in [0.29, 0.717) is 10.7 Å². The lowest BCUT2D eigenvalue weighted by Crippen LogP contribution is -2.39. The van der Waals surface area contributed by atoms with E-state index in [4.69, 9.17) is 10.2 Å². The van der Waals surface area contributed by atoms with E-state index in [-0.39, 0.29) is 17.7 Å². The van der Waals surface area contributed by atoms with Gasteiger partial charge in [-0.1, -0.05) is 0 Å². The van der Waals surface area contributed by atoms with Gasteiger partial charge in [0.15, 0.2) is 5.78 Å². The number of thioether (sulfide) groups is 1. The Morgan fingerprint density at radius 1 is 1.19 bits per heavy atom. The molecule has 0 bridgehead atoms. The third kappa shape index (κ3) is 10.7. The molecule has 0 heterocycles. The van der Waals surface area contributed by atoms with Crippen LogP contribution in [0.4, 0.5) is 4.79 Å². The van der Waals surface area contributed by atoms with Crippen LogP contribution in [0.25, 0.3) is 0 Å². The molecule has 0 aliphatic carbocycles. The van der Waals surface area contributed by atoms with Crippen molar-refractivity contribution in [2.75, 3.05) is 24.6 Å². The Balaban J connectivity index is 3.95. The van der Waals surface area contributed by atoms with Crippen LogP contribution in [-0.2, 0) is 14.4 Å². The van der Waals surface area contributed by atoms with Gasteiger partial charge in [0.1, 0.15) is 6.54 Å². The van der Waals surface area contributed by atoms with E-state index < -0.39 is 30.9 Å². The summed E-state index contributed by atoms with van der Waals surface area (Å²) in [6, 6.07) is 0.0283. The van der Waals surface area contributed by atoms with Gasteiger partial charge in [-0.2, -0.15) is 11.8 Å². The van der Waals surface area contributed by atoms with Crippen molar-refractivity contribution in [3.8, 4) is 0 Å². The van der Waals surface area contributed by atoms with Crippen LogP contribution in [0.2, 0.25) is 0 Å². The molecule has 2 amide bonds. The molecule has 0 unspecified atom stereocenters. The van der Waals surface area contributed by atoms with Crippen LogP contribution >= 0.6 is 11.8 Å². The molecule has 0 aromatic carbocycles. The molecule has 21 heavy (non-hydrogen) atoms. The first-order valence-electron chi connectivity index (χ1n) is 6.15. The minimum atomic E-state index is -1.46. The summed E-state index contributed by atoms with van der Waals surface area (Å²) in [4.78, 5) is 44.5. The number of carboxylic acid groups (broad SMARTS) is 2. The third-order valence-electron chi connectivity index (χ3n) is 2.04. The van der Waals surface area contributed by atoms with Crippen LogP contribution in [0.15, 0.2) is 0 Å². The van der Waals surface area contributed by atoms with Gasteiger partial charge in [0, 0.05) is 11.8 Å². The van der Waals surface area contributed by atoms with Gasteiger partial charge in [-0.3, -0.25) is 19.3 Å². The molecule has 0 aliphatic rings. The zero-order valence-corrected chi connectivity index (χ0v) is 12.7. The quantitative estimate of drug-likeness (QED) is 0.487. The second-order valence-corrected chi connectivity index (χ2v) is 5.48. The highest BCUT2D eigenvalue weighted by molar-refractivity contribution is 8.00. The zero-order chi connectivity index (χ0) is 16.4. The minimum absolute atomic E-state index is 0.00879. The van der Waals surface area contributed by atoms with Gasteiger partial charge < -0.3 is 15.5 Å². The molecule has 3 N–H and O–H groups in total. The summed E-state index contributed by atoms with van der Waals surface area (Å²) in [5.41, 5.74) is 0. The SMILES string of the molecule is CC(C)NC(=O)[CH]CSCC(=O)CN(CC(=O)O)C(=O)O. The van der Waals surface area contributed by atoms with Gasteiger partial charge in [-0.05, 0) is 13.8 Å². The number of hydrogen-bond donors (Lipinski definition) is 3. The molecule has 0 atom stereocenters. The molecule has 0 spiro atoms. The molecule has 8 nitrogen and oxygen atoms in total. The number of rotatable bonds is 10. The highest BCUT2D eigenvalue weighted by atomic mass is 32.2. The Morgan fingerprint density at radius 2 is 1.81 bits per heavy atom. The third-order valence-corrected chi connectivity index (χ3v) is 2.97. The Kier molecular flexibility index (Phi) is 9.18. The molecule has 1 radical (unpaired) electrons. The molecule has 0 aromatic rings. The van der Waals surface area contributed by atoms with Crippen LogP contribution in [0.3, 0.4) is 0 Å². The average molecular weight is 319 g/mol. The molecule has 0 saturated heterocycles. The van der Waals surface area contributed by atoms with Crippen LogP contribution in [0, 0.1) is 6.42 Å². The highest BCUT2D eigenvalue weighted by Gasteiger charge is 2.18. The monoisotopic (exact) mass is 319 g/mol. The van der Waals surface area contributed by atoms with Crippen molar-refractivity contribution < 1.29 is 29.4 Å². The predicted molar refractivity (Wildman–Crippen MR) is 77.1 cm³/mol. The van der Waals surface area contributed by atoms with Crippen LogP contribution in [0.5, 0.6) is 0 Å². The maximum absolute atomic E-state index is 11.5. The standard InChI is InChI=1S/C12H19N2O6S/c1-8(2)13-10(16)3-4-21-7-9(15)5-14(12(19)20)6-11(17)18/h3,8H,4-7H2,1-2H3,(H,13,16)(H,17,18)(H,19,20). The van der Waals surface area contributed by atoms with Crippen molar-refractivity contribution >= 4 is 35.5 Å². The number of carbonyl (C=O) groups excluding carboxylic acids is 2. The van der Waals surface area contributed by atoms with Crippen LogP contribution in [-0.4, -0.2) is 69.5 Å². The van der Waals surface area contributed by atoms with E-state index >= 15 is 0 Å². The fourth-order valence-corrected chi connectivity index (χ4v) is 1.97. The van der Waals surface area contributed by atoms with E-state index in [2.05, 4.69) is 5.32 Å². The number of carboxylic acids is 1. The van der Waals surface area contributed by atoms with E-state index in [0.717, 1.165) is 11.8 Å². The largest absolute Gasteiger partial charge is 0.480 e. The Labute approximate surface area is 126 Å². The van der Waals surface area contributed by atoms with E-state index in [1.807, 2.05) is 13.8 Å². The van der Waals surface area contributed by atoms with E-state index in [1.165, 1.54) is 6.42 Å². The molecule has 9 heteroatoms. The van der Waals surface area contributed by atoms with Gasteiger partial charge in [-0.25, -0.2) is 4.79 Å². The molecular weight excluding hydrogens is 300 g/mol. The Hall–Kier alpha value is -1.77.